The van der Waals surface area contributed by atoms with Crippen LogP contribution in [0.4, 0.5) is 11.6 Å². The zero-order chi connectivity index (χ0) is 25.7. The summed E-state index contributed by atoms with van der Waals surface area (Å²) in [5.74, 6) is 1.90. The Morgan fingerprint density at radius 1 is 0.838 bits per heavy atom. The van der Waals surface area contributed by atoms with Gasteiger partial charge in [-0.2, -0.15) is 0 Å². The summed E-state index contributed by atoms with van der Waals surface area (Å²) in [6.07, 6.45) is 5.90. The first kappa shape index (κ1) is 25.8. The molecule has 0 saturated heterocycles. The van der Waals surface area contributed by atoms with Gasteiger partial charge in [0.1, 0.15) is 16.7 Å². The summed E-state index contributed by atoms with van der Waals surface area (Å²) in [7, 11) is 0. The highest BCUT2D eigenvalue weighted by Gasteiger charge is 2.19. The molecule has 4 nitrogen and oxygen atoms in total. The maximum absolute atomic E-state index is 5.16. The molecule has 0 atom stereocenters. The normalized spacial score (nSPS) is 14.9. The van der Waals surface area contributed by atoms with E-state index in [4.69, 9.17) is 9.97 Å². The lowest BCUT2D eigenvalue weighted by Crippen LogP contribution is -2.34. The molecule has 0 aliphatic carbocycles. The zero-order valence-electron chi connectivity index (χ0n) is 22.0. The quantitative estimate of drug-likeness (QED) is 0.263. The van der Waals surface area contributed by atoms with Gasteiger partial charge < -0.3 is 9.62 Å². The van der Waals surface area contributed by atoms with Crippen LogP contribution in [0.2, 0.25) is 0 Å². The summed E-state index contributed by atoms with van der Waals surface area (Å²) >= 11 is 3.29. The van der Waals surface area contributed by atoms with E-state index in [1.165, 1.54) is 59.2 Å². The van der Waals surface area contributed by atoms with E-state index in [0.29, 0.717) is 0 Å². The number of anilines is 2. The summed E-state index contributed by atoms with van der Waals surface area (Å²) < 4.78 is 3.48. The van der Waals surface area contributed by atoms with E-state index in [0.717, 1.165) is 41.9 Å². The molecule has 4 bridgehead atoms. The molecule has 1 aliphatic rings. The Hall–Kier alpha value is -2.83. The summed E-state index contributed by atoms with van der Waals surface area (Å²) in [4.78, 5) is 13.9. The summed E-state index contributed by atoms with van der Waals surface area (Å²) in [6, 6.07) is 23.7. The van der Waals surface area contributed by atoms with Gasteiger partial charge in [-0.1, -0.05) is 70.0 Å². The standard InChI is InChI=1S/C31H36N4S2/c1-31(2,3)22-35-20-9-5-4-6-12-23-13-7-8-14-24(23)30-25(26-15-11-21-36-26)18-19-27(32-30)34-37-29-17-10-16-28(35)33-29/h7-8,10-11,13-19,21H,4-6,9,12,20,22H2,1-3H3,(H,32,34). The van der Waals surface area contributed by atoms with Gasteiger partial charge in [0.15, 0.2) is 0 Å². The Bertz CT molecular complexity index is 1310. The van der Waals surface area contributed by atoms with Crippen molar-refractivity contribution in [2.24, 2.45) is 5.41 Å². The highest BCUT2D eigenvalue weighted by atomic mass is 32.2. The first-order chi connectivity index (χ1) is 18.0. The highest BCUT2D eigenvalue weighted by Crippen LogP contribution is 2.37. The monoisotopic (exact) mass is 528 g/mol. The van der Waals surface area contributed by atoms with Crippen LogP contribution in [0.5, 0.6) is 0 Å². The van der Waals surface area contributed by atoms with Crippen molar-refractivity contribution in [2.75, 3.05) is 22.7 Å². The second-order valence-electron chi connectivity index (χ2n) is 10.9. The van der Waals surface area contributed by atoms with E-state index in [1.54, 1.807) is 11.3 Å². The molecular weight excluding hydrogens is 493 g/mol. The predicted octanol–water partition coefficient (Wildman–Crippen LogP) is 8.96. The van der Waals surface area contributed by atoms with Crippen molar-refractivity contribution in [3.63, 3.8) is 0 Å². The first-order valence-corrected chi connectivity index (χ1v) is 14.9. The lowest BCUT2D eigenvalue weighted by Gasteiger charge is -2.31. The number of hydrogen-bond donors (Lipinski definition) is 1. The van der Waals surface area contributed by atoms with Gasteiger partial charge in [0.2, 0.25) is 0 Å². The summed E-state index contributed by atoms with van der Waals surface area (Å²) in [5, 5.41) is 3.09. The maximum Gasteiger partial charge on any atom is 0.136 e. The van der Waals surface area contributed by atoms with E-state index in [2.05, 4.69) is 103 Å². The van der Waals surface area contributed by atoms with E-state index >= 15 is 0 Å². The lowest BCUT2D eigenvalue weighted by atomic mass is 9.95. The molecule has 5 rings (SSSR count). The summed E-state index contributed by atoms with van der Waals surface area (Å²) in [6.45, 7) is 8.93. The smallest absolute Gasteiger partial charge is 0.136 e. The van der Waals surface area contributed by atoms with Gasteiger partial charge >= 0.3 is 0 Å². The molecule has 4 heterocycles. The number of pyridine rings is 2. The number of aryl methyl sites for hydroxylation is 1. The summed E-state index contributed by atoms with van der Waals surface area (Å²) in [5.41, 5.74) is 5.06. The molecule has 192 valence electrons. The molecule has 0 radical (unpaired) electrons. The van der Waals surface area contributed by atoms with Gasteiger partial charge in [-0.05, 0) is 66.0 Å². The third-order valence-electron chi connectivity index (χ3n) is 6.54. The van der Waals surface area contributed by atoms with Crippen LogP contribution in [0.1, 0.15) is 52.0 Å². The molecule has 3 aromatic heterocycles. The topological polar surface area (TPSA) is 41.1 Å². The third kappa shape index (κ3) is 6.74. The van der Waals surface area contributed by atoms with E-state index in [9.17, 15) is 0 Å². The largest absolute Gasteiger partial charge is 0.356 e. The minimum atomic E-state index is 0.205. The van der Waals surface area contributed by atoms with Crippen LogP contribution in [0.3, 0.4) is 0 Å². The van der Waals surface area contributed by atoms with Gasteiger partial charge in [0.05, 0.1) is 5.69 Å². The van der Waals surface area contributed by atoms with Crippen molar-refractivity contribution in [2.45, 2.75) is 57.9 Å². The molecule has 1 aromatic carbocycles. The molecule has 1 N–H and O–H groups in total. The van der Waals surface area contributed by atoms with Gasteiger partial charge in [0.25, 0.3) is 0 Å². The van der Waals surface area contributed by atoms with Gasteiger partial charge in [-0.25, -0.2) is 9.97 Å². The molecular formula is C31H36N4S2. The molecule has 0 fully saturated rings. The van der Waals surface area contributed by atoms with Crippen LogP contribution in [-0.4, -0.2) is 23.1 Å². The second-order valence-corrected chi connectivity index (χ2v) is 12.7. The SMILES string of the molecule is CC(C)(C)CN1CCCCCCc2ccccc2-c2nc(ccc2-c2cccs2)NSc2cccc1n2. The number of aromatic nitrogens is 2. The predicted molar refractivity (Wildman–Crippen MR) is 161 cm³/mol. The van der Waals surface area contributed by atoms with Crippen molar-refractivity contribution < 1.29 is 0 Å². The fourth-order valence-corrected chi connectivity index (χ4v) is 6.24. The van der Waals surface area contributed by atoms with Crippen LogP contribution in [0, 0.1) is 5.41 Å². The van der Waals surface area contributed by atoms with Crippen LogP contribution in [0.25, 0.3) is 21.7 Å². The Morgan fingerprint density at radius 3 is 2.54 bits per heavy atom. The number of nitrogens with zero attached hydrogens (tertiary/aromatic N) is 3. The average Bonchev–Trinajstić information content (AvgIpc) is 3.43. The number of fused-ring (bicyclic) bond motifs is 6. The van der Waals surface area contributed by atoms with Crippen LogP contribution in [-0.2, 0) is 6.42 Å². The molecule has 6 heteroatoms. The molecule has 0 unspecified atom stereocenters. The molecule has 0 saturated carbocycles. The van der Waals surface area contributed by atoms with Crippen molar-refractivity contribution in [3.8, 4) is 21.7 Å². The fraction of sp³-hybridized carbons (Fsp3) is 0.355. The molecule has 37 heavy (non-hydrogen) atoms. The number of hydrogen-bond acceptors (Lipinski definition) is 6. The fourth-order valence-electron chi connectivity index (χ4n) is 4.88. The molecule has 1 aliphatic heterocycles. The van der Waals surface area contributed by atoms with Crippen molar-refractivity contribution in [1.82, 2.24) is 9.97 Å². The Labute approximate surface area is 229 Å². The maximum atomic E-state index is 5.16. The Morgan fingerprint density at radius 2 is 1.70 bits per heavy atom. The lowest BCUT2D eigenvalue weighted by molar-refractivity contribution is 0.405. The Balaban J connectivity index is 1.51. The number of rotatable bonds is 2. The minimum absolute atomic E-state index is 0.205. The Kier molecular flexibility index (Phi) is 8.16. The van der Waals surface area contributed by atoms with Crippen LogP contribution >= 0.6 is 23.3 Å². The highest BCUT2D eigenvalue weighted by molar-refractivity contribution is 8.00. The zero-order valence-corrected chi connectivity index (χ0v) is 23.7. The minimum Gasteiger partial charge on any atom is -0.356 e. The van der Waals surface area contributed by atoms with E-state index < -0.39 is 0 Å². The second kappa shape index (κ2) is 11.7. The molecule has 4 aromatic rings. The van der Waals surface area contributed by atoms with Crippen molar-refractivity contribution in [1.29, 1.82) is 0 Å². The van der Waals surface area contributed by atoms with Crippen LogP contribution in [0.15, 0.2) is 77.1 Å². The van der Waals surface area contributed by atoms with Gasteiger partial charge in [-0.3, -0.25) is 0 Å². The van der Waals surface area contributed by atoms with Crippen molar-refractivity contribution >= 4 is 34.9 Å². The average molecular weight is 529 g/mol. The first-order valence-electron chi connectivity index (χ1n) is 13.2. The van der Waals surface area contributed by atoms with Crippen LogP contribution < -0.4 is 9.62 Å². The van der Waals surface area contributed by atoms with Crippen molar-refractivity contribution in [3.05, 3.63) is 77.7 Å². The molecule has 0 amide bonds. The van der Waals surface area contributed by atoms with E-state index in [-0.39, 0.29) is 5.41 Å². The number of nitrogens with one attached hydrogen (secondary N) is 1. The number of thiophene rings is 1. The van der Waals surface area contributed by atoms with Gasteiger partial charge in [0, 0.05) is 41.0 Å². The molecule has 0 spiro atoms. The van der Waals surface area contributed by atoms with Gasteiger partial charge in [-0.15, -0.1) is 11.3 Å². The number of benzene rings is 1. The van der Waals surface area contributed by atoms with E-state index in [1.807, 2.05) is 0 Å². The third-order valence-corrected chi connectivity index (χ3v) is 8.19.